The van der Waals surface area contributed by atoms with E-state index in [0.717, 1.165) is 66.2 Å². The van der Waals surface area contributed by atoms with Crippen LogP contribution < -0.4 is 15.4 Å². The van der Waals surface area contributed by atoms with Crippen molar-refractivity contribution in [3.8, 4) is 11.5 Å². The normalized spacial score (nSPS) is 12.8. The topological polar surface area (TPSA) is 76.4 Å². The maximum Gasteiger partial charge on any atom is 0.191 e. The minimum Gasteiger partial charge on any atom is -0.457 e. The zero-order valence-corrected chi connectivity index (χ0v) is 20.3. The van der Waals surface area contributed by atoms with Gasteiger partial charge in [-0.2, -0.15) is 0 Å². The number of halogens is 1. The molecule has 0 spiro atoms. The highest BCUT2D eigenvalue weighted by molar-refractivity contribution is 14.0. The highest BCUT2D eigenvalue weighted by Crippen LogP contribution is 2.27. The van der Waals surface area contributed by atoms with Gasteiger partial charge in [0.05, 0.1) is 13.1 Å². The molecule has 0 unspecified atom stereocenters. The molecule has 0 bridgehead atoms. The van der Waals surface area contributed by atoms with Crippen molar-refractivity contribution in [1.29, 1.82) is 0 Å². The molecule has 0 amide bonds. The van der Waals surface area contributed by atoms with Crippen LogP contribution in [0.15, 0.2) is 53.5 Å². The summed E-state index contributed by atoms with van der Waals surface area (Å²) in [5, 5.41) is 15.3. The molecule has 0 atom stereocenters. The number of aromatic nitrogens is 3. The highest BCUT2D eigenvalue weighted by atomic mass is 127. The highest BCUT2D eigenvalue weighted by Gasteiger charge is 2.17. The van der Waals surface area contributed by atoms with Crippen molar-refractivity contribution in [2.45, 2.75) is 46.3 Å². The second-order valence-electron chi connectivity index (χ2n) is 7.36. The molecule has 0 radical (unpaired) electrons. The van der Waals surface area contributed by atoms with Crippen LogP contribution in [0.4, 0.5) is 0 Å². The van der Waals surface area contributed by atoms with E-state index in [1.54, 1.807) is 0 Å². The van der Waals surface area contributed by atoms with Crippen molar-refractivity contribution < 1.29 is 4.74 Å². The Hall–Kier alpha value is -2.62. The summed E-state index contributed by atoms with van der Waals surface area (Å²) in [6.45, 7) is 7.01. The van der Waals surface area contributed by atoms with E-state index >= 15 is 0 Å². The summed E-state index contributed by atoms with van der Waals surface area (Å²) in [6.07, 6.45) is 2.16. The van der Waals surface area contributed by atoms with Crippen LogP contribution >= 0.6 is 24.0 Å². The van der Waals surface area contributed by atoms with Crippen LogP contribution in [0.5, 0.6) is 11.5 Å². The van der Waals surface area contributed by atoms with Crippen molar-refractivity contribution in [2.24, 2.45) is 4.99 Å². The number of hydrogen-bond acceptors (Lipinski definition) is 4. The van der Waals surface area contributed by atoms with Crippen molar-refractivity contribution in [2.75, 3.05) is 6.54 Å². The van der Waals surface area contributed by atoms with E-state index in [9.17, 15) is 0 Å². The molecular weight excluding hydrogens is 503 g/mol. The van der Waals surface area contributed by atoms with Gasteiger partial charge in [-0.05, 0) is 44.0 Å². The van der Waals surface area contributed by atoms with Crippen molar-refractivity contribution in [3.05, 3.63) is 71.3 Å². The zero-order chi connectivity index (χ0) is 20.8. The van der Waals surface area contributed by atoms with Crippen LogP contribution in [-0.2, 0) is 26.1 Å². The van der Waals surface area contributed by atoms with E-state index in [0.29, 0.717) is 13.1 Å². The molecule has 2 N–H and O–H groups in total. The molecule has 0 saturated carbocycles. The lowest BCUT2D eigenvalue weighted by Gasteiger charge is -2.13. The predicted octanol–water partition coefficient (Wildman–Crippen LogP) is 4.20. The van der Waals surface area contributed by atoms with Crippen LogP contribution in [-0.4, -0.2) is 27.3 Å². The number of aryl methyl sites for hydroxylation is 2. The van der Waals surface area contributed by atoms with Gasteiger partial charge in [-0.25, -0.2) is 4.99 Å². The number of hydrogen-bond donors (Lipinski definition) is 2. The van der Waals surface area contributed by atoms with E-state index in [2.05, 4.69) is 57.4 Å². The second-order valence-corrected chi connectivity index (χ2v) is 7.36. The van der Waals surface area contributed by atoms with E-state index < -0.39 is 0 Å². The number of nitrogens with one attached hydrogen (secondary N) is 2. The quantitative estimate of drug-likeness (QED) is 0.271. The Balaban J connectivity index is 0.00000272. The zero-order valence-electron chi connectivity index (χ0n) is 18.0. The minimum absolute atomic E-state index is 0. The largest absolute Gasteiger partial charge is 0.457 e. The number of nitrogens with zero attached hydrogens (tertiary/aromatic N) is 4. The maximum absolute atomic E-state index is 6.12. The molecule has 164 valence electrons. The summed E-state index contributed by atoms with van der Waals surface area (Å²) in [4.78, 5) is 4.77. The summed E-state index contributed by atoms with van der Waals surface area (Å²) < 4.78 is 8.32. The van der Waals surface area contributed by atoms with Gasteiger partial charge < -0.3 is 19.9 Å². The lowest BCUT2D eigenvalue weighted by atomic mass is 10.1. The number of rotatable bonds is 7. The number of guanidine groups is 1. The minimum atomic E-state index is 0. The van der Waals surface area contributed by atoms with Crippen molar-refractivity contribution >= 4 is 29.9 Å². The number of ether oxygens (including phenoxy) is 1. The van der Waals surface area contributed by atoms with Gasteiger partial charge in [0.15, 0.2) is 11.8 Å². The Labute approximate surface area is 200 Å². The Morgan fingerprint density at radius 3 is 2.77 bits per heavy atom. The summed E-state index contributed by atoms with van der Waals surface area (Å²) in [7, 11) is 0. The first-order valence-electron chi connectivity index (χ1n) is 10.5. The molecule has 31 heavy (non-hydrogen) atoms. The Kier molecular flexibility index (Phi) is 8.27. The molecule has 7 nitrogen and oxygen atoms in total. The summed E-state index contributed by atoms with van der Waals surface area (Å²) in [6, 6.07) is 16.0. The molecule has 2 aromatic carbocycles. The molecule has 4 rings (SSSR count). The molecule has 0 fully saturated rings. The van der Waals surface area contributed by atoms with E-state index in [-0.39, 0.29) is 24.0 Å². The Morgan fingerprint density at radius 2 is 1.97 bits per heavy atom. The molecule has 8 heteroatoms. The van der Waals surface area contributed by atoms with Gasteiger partial charge in [0.25, 0.3) is 0 Å². The fraction of sp³-hybridized carbons (Fsp3) is 0.348. The number of fused-ring (bicyclic) bond motifs is 1. The van der Waals surface area contributed by atoms with Crippen LogP contribution in [0.25, 0.3) is 0 Å². The molecule has 2 heterocycles. The van der Waals surface area contributed by atoms with Crippen LogP contribution in [0.2, 0.25) is 0 Å². The molecule has 1 aromatic heterocycles. The van der Waals surface area contributed by atoms with Gasteiger partial charge in [0.1, 0.15) is 17.3 Å². The van der Waals surface area contributed by atoms with Gasteiger partial charge in [-0.1, -0.05) is 30.3 Å². The number of benzene rings is 2. The molecule has 0 aliphatic carbocycles. The van der Waals surface area contributed by atoms with Crippen LogP contribution in [0, 0.1) is 6.92 Å². The summed E-state index contributed by atoms with van der Waals surface area (Å²) in [5.74, 6) is 4.43. The van der Waals surface area contributed by atoms with Crippen LogP contribution in [0.3, 0.4) is 0 Å². The first kappa shape index (κ1) is 23.1. The molecule has 1 aliphatic heterocycles. The standard InChI is InChI=1S/C23H28N6O.HI/c1-3-24-23(26-16-22-28-27-21-10-7-13-29(21)22)25-15-18-12-11-17(2)14-20(18)30-19-8-5-4-6-9-19;/h4-6,8-9,11-12,14H,3,7,10,13,15-16H2,1-2H3,(H2,24,25,26);1H. The van der Waals surface area contributed by atoms with Gasteiger partial charge >= 0.3 is 0 Å². The monoisotopic (exact) mass is 532 g/mol. The third-order valence-corrected chi connectivity index (χ3v) is 5.05. The Morgan fingerprint density at radius 1 is 1.13 bits per heavy atom. The number of para-hydroxylation sites is 1. The SMILES string of the molecule is CCNC(=NCc1ccc(C)cc1Oc1ccccc1)NCc1nnc2n1CCC2.I. The molecule has 1 aliphatic rings. The fourth-order valence-electron chi connectivity index (χ4n) is 3.51. The average molecular weight is 532 g/mol. The maximum atomic E-state index is 6.12. The number of aliphatic imine (C=N–C) groups is 1. The molecule has 3 aromatic rings. The second kappa shape index (κ2) is 11.1. The third kappa shape index (κ3) is 5.96. The lowest BCUT2D eigenvalue weighted by molar-refractivity contribution is 0.476. The molecular formula is C23H29IN6O. The summed E-state index contributed by atoms with van der Waals surface area (Å²) >= 11 is 0. The van der Waals surface area contributed by atoms with E-state index in [1.807, 2.05) is 30.3 Å². The Bertz CT molecular complexity index is 1020. The fourth-order valence-corrected chi connectivity index (χ4v) is 3.51. The van der Waals surface area contributed by atoms with Gasteiger partial charge in [0.2, 0.25) is 0 Å². The first-order valence-corrected chi connectivity index (χ1v) is 10.5. The van der Waals surface area contributed by atoms with Gasteiger partial charge in [-0.3, -0.25) is 0 Å². The smallest absolute Gasteiger partial charge is 0.191 e. The van der Waals surface area contributed by atoms with E-state index in [4.69, 9.17) is 9.73 Å². The van der Waals surface area contributed by atoms with Crippen molar-refractivity contribution in [3.63, 3.8) is 0 Å². The van der Waals surface area contributed by atoms with Gasteiger partial charge in [-0.15, -0.1) is 34.2 Å². The first-order chi connectivity index (χ1) is 14.7. The average Bonchev–Trinajstić information content (AvgIpc) is 3.36. The predicted molar refractivity (Wildman–Crippen MR) is 133 cm³/mol. The summed E-state index contributed by atoms with van der Waals surface area (Å²) in [5.41, 5.74) is 2.18. The van der Waals surface area contributed by atoms with Crippen molar-refractivity contribution in [1.82, 2.24) is 25.4 Å². The molecule has 0 saturated heterocycles. The van der Waals surface area contributed by atoms with Crippen LogP contribution in [0.1, 0.15) is 36.1 Å². The van der Waals surface area contributed by atoms with Gasteiger partial charge in [0, 0.05) is 25.1 Å². The van der Waals surface area contributed by atoms with E-state index in [1.165, 1.54) is 0 Å². The third-order valence-electron chi connectivity index (χ3n) is 5.05. The lowest BCUT2D eigenvalue weighted by Crippen LogP contribution is -2.37.